The first-order chi connectivity index (χ1) is 7.99. The fourth-order valence-corrected chi connectivity index (χ4v) is 1.54. The van der Waals surface area contributed by atoms with Crippen molar-refractivity contribution in [2.24, 2.45) is 0 Å². The number of hydrogen-bond donors (Lipinski definition) is 1. The lowest BCUT2D eigenvalue weighted by Crippen LogP contribution is -2.33. The molecule has 4 nitrogen and oxygen atoms in total. The highest BCUT2D eigenvalue weighted by Gasteiger charge is 2.16. The van der Waals surface area contributed by atoms with Crippen LogP contribution < -0.4 is 5.32 Å². The van der Waals surface area contributed by atoms with E-state index in [4.69, 9.17) is 0 Å². The van der Waals surface area contributed by atoms with Gasteiger partial charge in [-0.25, -0.2) is 0 Å². The standard InChI is InChI=1S/C13H23N3O/c1-6-10(5)14-13(17)12-8-11(9(3)4)15-16(12)7-2/h8-10H,6-7H2,1-5H3,(H,14,17)/t10-/m1/s1. The molecule has 0 bridgehead atoms. The number of rotatable bonds is 5. The second-order valence-electron chi connectivity index (χ2n) is 4.71. The Labute approximate surface area is 103 Å². The molecule has 0 aliphatic carbocycles. The average molecular weight is 237 g/mol. The minimum atomic E-state index is -0.0272. The number of amides is 1. The van der Waals surface area contributed by atoms with E-state index in [-0.39, 0.29) is 11.9 Å². The predicted octanol–water partition coefficient (Wildman–Crippen LogP) is 2.55. The van der Waals surface area contributed by atoms with Crippen LogP contribution >= 0.6 is 0 Å². The molecular formula is C13H23N3O. The van der Waals surface area contributed by atoms with Crippen LogP contribution in [0.15, 0.2) is 6.07 Å². The Morgan fingerprint density at radius 3 is 2.53 bits per heavy atom. The predicted molar refractivity (Wildman–Crippen MR) is 69.2 cm³/mol. The van der Waals surface area contributed by atoms with Crippen molar-refractivity contribution in [2.45, 2.75) is 59.5 Å². The lowest BCUT2D eigenvalue weighted by molar-refractivity contribution is 0.0928. The number of nitrogens with one attached hydrogen (secondary N) is 1. The van der Waals surface area contributed by atoms with E-state index >= 15 is 0 Å². The van der Waals surface area contributed by atoms with E-state index in [0.717, 1.165) is 18.7 Å². The van der Waals surface area contributed by atoms with Crippen molar-refractivity contribution in [3.63, 3.8) is 0 Å². The van der Waals surface area contributed by atoms with Crippen LogP contribution in [0.4, 0.5) is 0 Å². The molecule has 0 fully saturated rings. The number of carbonyl (C=O) groups is 1. The third-order valence-corrected chi connectivity index (χ3v) is 2.91. The van der Waals surface area contributed by atoms with Gasteiger partial charge in [0.25, 0.3) is 5.91 Å². The zero-order valence-electron chi connectivity index (χ0n) is 11.4. The molecule has 0 saturated carbocycles. The van der Waals surface area contributed by atoms with Gasteiger partial charge in [0.1, 0.15) is 5.69 Å². The van der Waals surface area contributed by atoms with Gasteiger partial charge in [-0.2, -0.15) is 5.10 Å². The highest BCUT2D eigenvalue weighted by atomic mass is 16.2. The molecule has 1 N–H and O–H groups in total. The summed E-state index contributed by atoms with van der Waals surface area (Å²) in [6.07, 6.45) is 0.934. The van der Waals surface area contributed by atoms with Crippen molar-refractivity contribution in [3.05, 3.63) is 17.5 Å². The first-order valence-corrected chi connectivity index (χ1v) is 6.38. The number of aromatic nitrogens is 2. The van der Waals surface area contributed by atoms with E-state index in [2.05, 4.69) is 31.2 Å². The second-order valence-corrected chi connectivity index (χ2v) is 4.71. The Balaban J connectivity index is 2.92. The van der Waals surface area contributed by atoms with Crippen molar-refractivity contribution in [2.75, 3.05) is 0 Å². The van der Waals surface area contributed by atoms with Crippen LogP contribution in [0.2, 0.25) is 0 Å². The van der Waals surface area contributed by atoms with E-state index in [9.17, 15) is 4.79 Å². The highest BCUT2D eigenvalue weighted by molar-refractivity contribution is 5.92. The molecule has 96 valence electrons. The average Bonchev–Trinajstić information content (AvgIpc) is 2.72. The lowest BCUT2D eigenvalue weighted by atomic mass is 10.1. The fourth-order valence-electron chi connectivity index (χ4n) is 1.54. The molecule has 4 heteroatoms. The SMILES string of the molecule is CC[C@@H](C)NC(=O)c1cc(C(C)C)nn1CC. The van der Waals surface area contributed by atoms with Crippen LogP contribution in [0.3, 0.4) is 0 Å². The van der Waals surface area contributed by atoms with Crippen LogP contribution in [-0.4, -0.2) is 21.7 Å². The summed E-state index contributed by atoms with van der Waals surface area (Å²) in [6.45, 7) is 10.9. The molecule has 0 radical (unpaired) electrons. The van der Waals surface area contributed by atoms with Gasteiger partial charge in [0.05, 0.1) is 5.69 Å². The first-order valence-electron chi connectivity index (χ1n) is 6.38. The molecule has 0 unspecified atom stereocenters. The van der Waals surface area contributed by atoms with Gasteiger partial charge in [-0.3, -0.25) is 9.48 Å². The monoisotopic (exact) mass is 237 g/mol. The number of nitrogens with zero attached hydrogens (tertiary/aromatic N) is 2. The van der Waals surface area contributed by atoms with Crippen molar-refractivity contribution >= 4 is 5.91 Å². The van der Waals surface area contributed by atoms with Gasteiger partial charge in [0.2, 0.25) is 0 Å². The molecule has 0 saturated heterocycles. The first kappa shape index (κ1) is 13.7. The number of hydrogen-bond acceptors (Lipinski definition) is 2. The molecule has 1 rings (SSSR count). The maximum absolute atomic E-state index is 12.1. The van der Waals surface area contributed by atoms with Gasteiger partial charge in [0, 0.05) is 12.6 Å². The van der Waals surface area contributed by atoms with Crippen molar-refractivity contribution < 1.29 is 4.79 Å². The summed E-state index contributed by atoms with van der Waals surface area (Å²) in [5.41, 5.74) is 1.64. The minimum absolute atomic E-state index is 0.0272. The number of aryl methyl sites for hydroxylation is 1. The summed E-state index contributed by atoms with van der Waals surface area (Å²) in [5.74, 6) is 0.318. The highest BCUT2D eigenvalue weighted by Crippen LogP contribution is 2.14. The van der Waals surface area contributed by atoms with E-state index in [0.29, 0.717) is 11.6 Å². The zero-order valence-corrected chi connectivity index (χ0v) is 11.4. The van der Waals surface area contributed by atoms with Crippen LogP contribution in [0.25, 0.3) is 0 Å². The smallest absolute Gasteiger partial charge is 0.269 e. The third kappa shape index (κ3) is 3.32. The Morgan fingerprint density at radius 2 is 2.06 bits per heavy atom. The third-order valence-electron chi connectivity index (χ3n) is 2.91. The van der Waals surface area contributed by atoms with E-state index in [1.165, 1.54) is 0 Å². The molecule has 1 aromatic heterocycles. The summed E-state index contributed by atoms with van der Waals surface area (Å²) in [5, 5.41) is 7.41. The second kappa shape index (κ2) is 5.84. The Kier molecular flexibility index (Phi) is 4.73. The summed E-state index contributed by atoms with van der Waals surface area (Å²) in [6, 6.07) is 2.09. The Bertz CT molecular complexity index is 382. The van der Waals surface area contributed by atoms with Gasteiger partial charge in [0.15, 0.2) is 0 Å². The van der Waals surface area contributed by atoms with E-state index in [1.54, 1.807) is 4.68 Å². The lowest BCUT2D eigenvalue weighted by Gasteiger charge is -2.11. The maximum atomic E-state index is 12.1. The molecule has 1 amide bonds. The van der Waals surface area contributed by atoms with Crippen molar-refractivity contribution in [1.82, 2.24) is 15.1 Å². The van der Waals surface area contributed by atoms with Crippen LogP contribution in [0, 0.1) is 0 Å². The van der Waals surface area contributed by atoms with Crippen LogP contribution in [-0.2, 0) is 6.54 Å². The van der Waals surface area contributed by atoms with Gasteiger partial charge in [-0.15, -0.1) is 0 Å². The summed E-state index contributed by atoms with van der Waals surface area (Å²) >= 11 is 0. The normalized spacial score (nSPS) is 12.8. The van der Waals surface area contributed by atoms with E-state index in [1.807, 2.05) is 19.9 Å². The van der Waals surface area contributed by atoms with Gasteiger partial charge < -0.3 is 5.32 Å². The molecule has 1 atom stereocenters. The summed E-state index contributed by atoms with van der Waals surface area (Å²) < 4.78 is 1.77. The Hall–Kier alpha value is -1.32. The maximum Gasteiger partial charge on any atom is 0.269 e. The van der Waals surface area contributed by atoms with Gasteiger partial charge >= 0.3 is 0 Å². The summed E-state index contributed by atoms with van der Waals surface area (Å²) in [4.78, 5) is 12.1. The zero-order chi connectivity index (χ0) is 13.0. The fraction of sp³-hybridized carbons (Fsp3) is 0.692. The molecule has 0 aliphatic rings. The van der Waals surface area contributed by atoms with Crippen molar-refractivity contribution in [3.8, 4) is 0 Å². The van der Waals surface area contributed by atoms with Gasteiger partial charge in [-0.1, -0.05) is 20.8 Å². The largest absolute Gasteiger partial charge is 0.348 e. The minimum Gasteiger partial charge on any atom is -0.348 e. The quantitative estimate of drug-likeness (QED) is 0.855. The van der Waals surface area contributed by atoms with Crippen LogP contribution in [0.5, 0.6) is 0 Å². The molecule has 0 aliphatic heterocycles. The molecule has 0 spiro atoms. The Morgan fingerprint density at radius 1 is 1.41 bits per heavy atom. The molecule has 1 heterocycles. The molecule has 0 aromatic carbocycles. The molecule has 17 heavy (non-hydrogen) atoms. The molecule has 1 aromatic rings. The van der Waals surface area contributed by atoms with E-state index < -0.39 is 0 Å². The topological polar surface area (TPSA) is 46.9 Å². The summed E-state index contributed by atoms with van der Waals surface area (Å²) in [7, 11) is 0. The molecular weight excluding hydrogens is 214 g/mol. The van der Waals surface area contributed by atoms with Crippen molar-refractivity contribution in [1.29, 1.82) is 0 Å². The number of carbonyl (C=O) groups excluding carboxylic acids is 1. The van der Waals surface area contributed by atoms with Crippen LogP contribution in [0.1, 0.15) is 63.1 Å². The van der Waals surface area contributed by atoms with Gasteiger partial charge in [-0.05, 0) is 32.3 Å².